The summed E-state index contributed by atoms with van der Waals surface area (Å²) >= 11 is 3.51. The Hall–Kier alpha value is -0.475. The fraction of sp³-hybridized carbons (Fsp3) is 0.500. The molecule has 1 aromatic carbocycles. The number of nitrogens with zero attached hydrogens (tertiary/aromatic N) is 1. The van der Waals surface area contributed by atoms with Crippen molar-refractivity contribution in [3.63, 3.8) is 0 Å². The molecule has 0 atom stereocenters. The van der Waals surface area contributed by atoms with Gasteiger partial charge in [-0.15, -0.1) is 0 Å². The van der Waals surface area contributed by atoms with E-state index in [0.29, 0.717) is 0 Å². The Morgan fingerprint density at radius 3 is 2.50 bits per heavy atom. The van der Waals surface area contributed by atoms with Gasteiger partial charge in [0.15, 0.2) is 0 Å². The van der Waals surface area contributed by atoms with Gasteiger partial charge in [-0.05, 0) is 36.9 Å². The molecule has 16 heavy (non-hydrogen) atoms. The van der Waals surface area contributed by atoms with Crippen LogP contribution in [0, 0.1) is 0 Å². The first-order valence-electron chi connectivity index (χ1n) is 5.90. The van der Waals surface area contributed by atoms with Crippen molar-refractivity contribution in [2.45, 2.75) is 26.1 Å². The maximum absolute atomic E-state index is 9.63. The van der Waals surface area contributed by atoms with Crippen LogP contribution in [0.2, 0.25) is 6.82 Å². The Labute approximate surface area is 106 Å². The molecule has 1 saturated heterocycles. The molecule has 86 valence electrons. The predicted molar refractivity (Wildman–Crippen MR) is 73.7 cm³/mol. The third kappa shape index (κ3) is 2.80. The first-order chi connectivity index (χ1) is 7.66. The zero-order chi connectivity index (χ0) is 11.5. The zero-order valence-corrected chi connectivity index (χ0v) is 11.2. The van der Waals surface area contributed by atoms with E-state index in [1.807, 2.05) is 12.9 Å². The molecule has 0 aliphatic carbocycles. The van der Waals surface area contributed by atoms with Gasteiger partial charge in [-0.25, -0.2) is 0 Å². The molecule has 0 bridgehead atoms. The summed E-state index contributed by atoms with van der Waals surface area (Å²) in [5, 5.41) is 9.63. The molecule has 1 aromatic rings. The van der Waals surface area contributed by atoms with E-state index < -0.39 is 6.92 Å². The number of anilines is 1. The lowest BCUT2D eigenvalue weighted by atomic mass is 9.64. The quantitative estimate of drug-likeness (QED) is 0.841. The highest BCUT2D eigenvalue weighted by atomic mass is 79.9. The first kappa shape index (κ1) is 12.0. The minimum absolute atomic E-state index is 0.402. The molecule has 1 aliphatic heterocycles. The lowest BCUT2D eigenvalue weighted by Crippen LogP contribution is -2.32. The molecule has 0 unspecified atom stereocenters. The van der Waals surface area contributed by atoms with E-state index in [-0.39, 0.29) is 0 Å². The summed E-state index contributed by atoms with van der Waals surface area (Å²) in [4.78, 5) is 2.40. The Balaban J connectivity index is 2.25. The molecule has 2 rings (SSSR count). The van der Waals surface area contributed by atoms with Crippen LogP contribution in [0.4, 0.5) is 5.69 Å². The van der Waals surface area contributed by atoms with E-state index in [0.717, 1.165) is 23.0 Å². The van der Waals surface area contributed by atoms with Crippen molar-refractivity contribution in [3.8, 4) is 0 Å². The Morgan fingerprint density at radius 2 is 1.88 bits per heavy atom. The number of halogens is 1. The van der Waals surface area contributed by atoms with Gasteiger partial charge in [-0.1, -0.05) is 28.8 Å². The molecule has 1 fully saturated rings. The minimum atomic E-state index is -0.402. The molecular weight excluding hydrogens is 265 g/mol. The van der Waals surface area contributed by atoms with Crippen molar-refractivity contribution in [1.29, 1.82) is 0 Å². The molecule has 0 aromatic heterocycles. The number of hydrogen-bond donors (Lipinski definition) is 1. The van der Waals surface area contributed by atoms with Crippen molar-refractivity contribution >= 4 is 34.0 Å². The van der Waals surface area contributed by atoms with Crippen LogP contribution in [-0.4, -0.2) is 25.0 Å². The Bertz CT molecular complexity index is 364. The van der Waals surface area contributed by atoms with Crippen molar-refractivity contribution in [2.24, 2.45) is 0 Å². The first-order valence-corrected chi connectivity index (χ1v) is 6.69. The van der Waals surface area contributed by atoms with Gasteiger partial charge < -0.3 is 9.92 Å². The normalized spacial score (nSPS) is 16.3. The van der Waals surface area contributed by atoms with E-state index in [1.165, 1.54) is 24.9 Å². The molecule has 0 spiro atoms. The fourth-order valence-electron chi connectivity index (χ4n) is 2.17. The van der Waals surface area contributed by atoms with E-state index >= 15 is 0 Å². The van der Waals surface area contributed by atoms with Crippen LogP contribution in [0.1, 0.15) is 19.3 Å². The van der Waals surface area contributed by atoms with Crippen LogP contribution in [-0.2, 0) is 0 Å². The van der Waals surface area contributed by atoms with Crippen LogP contribution in [0.15, 0.2) is 22.7 Å². The van der Waals surface area contributed by atoms with Crippen LogP contribution < -0.4 is 10.4 Å². The van der Waals surface area contributed by atoms with Gasteiger partial charge in [0, 0.05) is 23.2 Å². The highest BCUT2D eigenvalue weighted by Crippen LogP contribution is 2.22. The van der Waals surface area contributed by atoms with Crippen LogP contribution in [0.5, 0.6) is 0 Å². The summed E-state index contributed by atoms with van der Waals surface area (Å²) in [6.45, 7) is 3.67. The molecule has 1 aliphatic rings. The lowest BCUT2D eigenvalue weighted by Gasteiger charge is -2.29. The van der Waals surface area contributed by atoms with E-state index in [2.05, 4.69) is 33.0 Å². The summed E-state index contributed by atoms with van der Waals surface area (Å²) in [6.07, 6.45) is 3.89. The smallest absolute Gasteiger partial charge is 0.320 e. The SMILES string of the molecule is CB(O)c1cc(Br)cc(N2CCCCC2)c1. The maximum atomic E-state index is 9.63. The summed E-state index contributed by atoms with van der Waals surface area (Å²) in [5.74, 6) is 0. The minimum Gasteiger partial charge on any atom is -0.446 e. The Morgan fingerprint density at radius 1 is 1.19 bits per heavy atom. The van der Waals surface area contributed by atoms with E-state index in [9.17, 15) is 5.02 Å². The van der Waals surface area contributed by atoms with Gasteiger partial charge >= 0.3 is 6.92 Å². The number of hydrogen-bond acceptors (Lipinski definition) is 2. The average Bonchev–Trinajstić information content (AvgIpc) is 2.29. The second kappa shape index (κ2) is 5.24. The molecule has 4 heteroatoms. The molecular formula is C12H17BBrNO. The second-order valence-electron chi connectivity index (χ2n) is 4.47. The van der Waals surface area contributed by atoms with Crippen molar-refractivity contribution < 1.29 is 5.02 Å². The average molecular weight is 282 g/mol. The van der Waals surface area contributed by atoms with Crippen LogP contribution in [0.3, 0.4) is 0 Å². The Kier molecular flexibility index (Phi) is 3.93. The molecule has 0 saturated carbocycles. The van der Waals surface area contributed by atoms with Gasteiger partial charge in [0.05, 0.1) is 0 Å². The van der Waals surface area contributed by atoms with Gasteiger partial charge in [0.2, 0.25) is 0 Å². The van der Waals surface area contributed by atoms with Gasteiger partial charge in [0.25, 0.3) is 0 Å². The van der Waals surface area contributed by atoms with Gasteiger partial charge in [-0.3, -0.25) is 0 Å². The maximum Gasteiger partial charge on any atom is 0.320 e. The van der Waals surface area contributed by atoms with E-state index in [4.69, 9.17) is 0 Å². The highest BCUT2D eigenvalue weighted by molar-refractivity contribution is 9.10. The third-order valence-electron chi connectivity index (χ3n) is 3.11. The second-order valence-corrected chi connectivity index (χ2v) is 5.38. The standard InChI is InChI=1S/C12H17BBrNO/c1-13(16)10-7-11(14)9-12(8-10)15-5-3-2-4-6-15/h7-9,16H,2-6H2,1H3. The molecule has 0 radical (unpaired) electrons. The van der Waals surface area contributed by atoms with Gasteiger partial charge in [-0.2, -0.15) is 0 Å². The van der Waals surface area contributed by atoms with Crippen molar-refractivity contribution in [2.75, 3.05) is 18.0 Å². The fourth-order valence-corrected chi connectivity index (χ4v) is 2.67. The van der Waals surface area contributed by atoms with E-state index in [1.54, 1.807) is 0 Å². The molecule has 1 heterocycles. The topological polar surface area (TPSA) is 23.5 Å². The lowest BCUT2D eigenvalue weighted by molar-refractivity contribution is 0.577. The van der Waals surface area contributed by atoms with Crippen molar-refractivity contribution in [3.05, 3.63) is 22.7 Å². The monoisotopic (exact) mass is 281 g/mol. The van der Waals surface area contributed by atoms with Gasteiger partial charge in [0.1, 0.15) is 0 Å². The highest BCUT2D eigenvalue weighted by Gasteiger charge is 2.14. The summed E-state index contributed by atoms with van der Waals surface area (Å²) in [6, 6.07) is 6.22. The molecule has 2 nitrogen and oxygen atoms in total. The predicted octanol–water partition coefficient (Wildman–Crippen LogP) is 2.26. The molecule has 1 N–H and O–H groups in total. The summed E-state index contributed by atoms with van der Waals surface area (Å²) in [7, 11) is 0. The van der Waals surface area contributed by atoms with Crippen molar-refractivity contribution in [1.82, 2.24) is 0 Å². The van der Waals surface area contributed by atoms with Crippen LogP contribution >= 0.6 is 15.9 Å². The molecule has 0 amide bonds. The summed E-state index contributed by atoms with van der Waals surface area (Å²) < 4.78 is 1.05. The number of rotatable bonds is 2. The number of benzene rings is 1. The largest absolute Gasteiger partial charge is 0.446 e. The third-order valence-corrected chi connectivity index (χ3v) is 3.57. The zero-order valence-electron chi connectivity index (χ0n) is 9.62. The van der Waals surface area contributed by atoms with Crippen LogP contribution in [0.25, 0.3) is 0 Å². The summed E-state index contributed by atoms with van der Waals surface area (Å²) in [5.41, 5.74) is 2.21. The number of piperidine rings is 1.